The van der Waals surface area contributed by atoms with E-state index in [4.69, 9.17) is 10.5 Å². The zero-order valence-corrected chi connectivity index (χ0v) is 11.1. The number of nitrogens with two attached hydrogens (primary N) is 1. The molecule has 1 fully saturated rings. The molecule has 0 radical (unpaired) electrons. The fourth-order valence-corrected chi connectivity index (χ4v) is 4.09. The smallest absolute Gasteiger partial charge is 0.155 e. The van der Waals surface area contributed by atoms with E-state index in [1.807, 2.05) is 30.3 Å². The lowest BCUT2D eigenvalue weighted by Crippen LogP contribution is -2.34. The van der Waals surface area contributed by atoms with Crippen LogP contribution in [0, 0.1) is 0 Å². The molecule has 2 N–H and O–H groups in total. The van der Waals surface area contributed by atoms with Gasteiger partial charge in [0.25, 0.3) is 0 Å². The van der Waals surface area contributed by atoms with Gasteiger partial charge in [-0.3, -0.25) is 0 Å². The molecule has 18 heavy (non-hydrogen) atoms. The van der Waals surface area contributed by atoms with Crippen molar-refractivity contribution in [3.8, 4) is 0 Å². The van der Waals surface area contributed by atoms with Crippen molar-refractivity contribution in [1.29, 1.82) is 0 Å². The molecule has 0 saturated carbocycles. The molecule has 1 aromatic rings. The molecule has 1 heterocycles. The largest absolute Gasteiger partial charge is 0.381 e. The first-order valence-electron chi connectivity index (χ1n) is 6.19. The van der Waals surface area contributed by atoms with Crippen LogP contribution in [0.1, 0.15) is 24.4 Å². The summed E-state index contributed by atoms with van der Waals surface area (Å²) in [6, 6.07) is 8.92. The maximum absolute atomic E-state index is 12.2. The maximum atomic E-state index is 12.2. The Hall–Kier alpha value is -0.910. The molecule has 100 valence electrons. The van der Waals surface area contributed by atoms with Gasteiger partial charge in [0.2, 0.25) is 0 Å². The molecular formula is C13H19NO3S. The molecule has 0 bridgehead atoms. The van der Waals surface area contributed by atoms with Gasteiger partial charge in [0.05, 0.1) is 11.0 Å². The van der Waals surface area contributed by atoms with Crippen molar-refractivity contribution in [2.75, 3.05) is 19.0 Å². The molecule has 1 saturated heterocycles. The third kappa shape index (κ3) is 3.31. The molecule has 0 aliphatic carbocycles. The zero-order chi connectivity index (χ0) is 13.0. The van der Waals surface area contributed by atoms with Crippen molar-refractivity contribution >= 4 is 9.84 Å². The Labute approximate surface area is 108 Å². The van der Waals surface area contributed by atoms with Gasteiger partial charge in [0, 0.05) is 19.3 Å². The fourth-order valence-electron chi connectivity index (χ4n) is 2.22. The summed E-state index contributed by atoms with van der Waals surface area (Å²) in [5.74, 6) is 0.0156. The van der Waals surface area contributed by atoms with Gasteiger partial charge in [0.15, 0.2) is 9.84 Å². The topological polar surface area (TPSA) is 69.4 Å². The monoisotopic (exact) mass is 269 g/mol. The van der Waals surface area contributed by atoms with E-state index in [0.717, 1.165) is 5.56 Å². The van der Waals surface area contributed by atoms with Crippen LogP contribution < -0.4 is 5.73 Å². The van der Waals surface area contributed by atoms with Gasteiger partial charge >= 0.3 is 0 Å². The van der Waals surface area contributed by atoms with Crippen molar-refractivity contribution in [2.45, 2.75) is 24.1 Å². The van der Waals surface area contributed by atoms with Crippen LogP contribution in [0.25, 0.3) is 0 Å². The Bertz CT molecular complexity index is 466. The molecule has 1 aromatic carbocycles. The van der Waals surface area contributed by atoms with Gasteiger partial charge in [-0.1, -0.05) is 30.3 Å². The van der Waals surface area contributed by atoms with E-state index in [9.17, 15) is 8.42 Å². The molecule has 1 atom stereocenters. The van der Waals surface area contributed by atoms with Gasteiger partial charge < -0.3 is 10.5 Å². The van der Waals surface area contributed by atoms with Crippen molar-refractivity contribution in [1.82, 2.24) is 0 Å². The van der Waals surface area contributed by atoms with Crippen LogP contribution in [0.3, 0.4) is 0 Å². The minimum atomic E-state index is -3.14. The van der Waals surface area contributed by atoms with Gasteiger partial charge in [-0.25, -0.2) is 8.42 Å². The van der Waals surface area contributed by atoms with Crippen LogP contribution in [0.15, 0.2) is 30.3 Å². The van der Waals surface area contributed by atoms with E-state index in [-0.39, 0.29) is 11.0 Å². The summed E-state index contributed by atoms with van der Waals surface area (Å²) in [6.45, 7) is 1.06. The second-order valence-corrected chi connectivity index (χ2v) is 6.98. The molecule has 0 aromatic heterocycles. The van der Waals surface area contributed by atoms with Crippen LogP contribution in [-0.2, 0) is 14.6 Å². The van der Waals surface area contributed by atoms with Gasteiger partial charge in [-0.2, -0.15) is 0 Å². The maximum Gasteiger partial charge on any atom is 0.155 e. The highest BCUT2D eigenvalue weighted by atomic mass is 32.2. The summed E-state index contributed by atoms with van der Waals surface area (Å²) in [7, 11) is -3.14. The van der Waals surface area contributed by atoms with E-state index in [0.29, 0.717) is 26.1 Å². The SMILES string of the molecule is NC(CS(=O)(=O)C1CCOCC1)c1ccccc1. The van der Waals surface area contributed by atoms with Crippen LogP contribution in [0.4, 0.5) is 0 Å². The first-order valence-corrected chi connectivity index (χ1v) is 7.91. The predicted octanol–water partition coefficient (Wildman–Crippen LogP) is 1.28. The molecule has 1 unspecified atom stereocenters. The third-order valence-corrected chi connectivity index (χ3v) is 5.63. The van der Waals surface area contributed by atoms with Crippen LogP contribution in [0.5, 0.6) is 0 Å². The highest BCUT2D eigenvalue weighted by Crippen LogP contribution is 2.20. The van der Waals surface area contributed by atoms with E-state index in [2.05, 4.69) is 0 Å². The molecule has 2 rings (SSSR count). The Morgan fingerprint density at radius 2 is 1.83 bits per heavy atom. The number of hydrogen-bond donors (Lipinski definition) is 1. The highest BCUT2D eigenvalue weighted by molar-refractivity contribution is 7.92. The summed E-state index contributed by atoms with van der Waals surface area (Å²) in [6.07, 6.45) is 1.17. The van der Waals surface area contributed by atoms with Crippen molar-refractivity contribution < 1.29 is 13.2 Å². The summed E-state index contributed by atoms with van der Waals surface area (Å²) in [5, 5.41) is -0.291. The molecule has 1 aliphatic heterocycles. The molecule has 4 nitrogen and oxygen atoms in total. The predicted molar refractivity (Wildman–Crippen MR) is 71.0 cm³/mol. The number of sulfone groups is 1. The second-order valence-electron chi connectivity index (χ2n) is 4.66. The van der Waals surface area contributed by atoms with Crippen molar-refractivity contribution in [3.63, 3.8) is 0 Å². The molecular weight excluding hydrogens is 250 g/mol. The third-order valence-electron chi connectivity index (χ3n) is 3.32. The standard InChI is InChI=1S/C13H19NO3S/c14-13(11-4-2-1-3-5-11)10-18(15,16)12-6-8-17-9-7-12/h1-5,12-13H,6-10,14H2. The first kappa shape index (κ1) is 13.5. The summed E-state index contributed by atoms with van der Waals surface area (Å²) in [4.78, 5) is 0. The molecule has 0 spiro atoms. The summed E-state index contributed by atoms with van der Waals surface area (Å²) in [5.41, 5.74) is 6.85. The van der Waals surface area contributed by atoms with Crippen LogP contribution in [0.2, 0.25) is 0 Å². The minimum absolute atomic E-state index is 0.0156. The van der Waals surface area contributed by atoms with E-state index < -0.39 is 15.9 Å². The summed E-state index contributed by atoms with van der Waals surface area (Å²) >= 11 is 0. The zero-order valence-electron chi connectivity index (χ0n) is 10.3. The lowest BCUT2D eigenvalue weighted by molar-refractivity contribution is 0.0983. The molecule has 0 amide bonds. The lowest BCUT2D eigenvalue weighted by atomic mass is 10.1. The first-order chi connectivity index (χ1) is 8.59. The van der Waals surface area contributed by atoms with E-state index >= 15 is 0 Å². The summed E-state index contributed by atoms with van der Waals surface area (Å²) < 4.78 is 29.7. The van der Waals surface area contributed by atoms with Crippen LogP contribution in [-0.4, -0.2) is 32.6 Å². The quantitative estimate of drug-likeness (QED) is 0.894. The van der Waals surface area contributed by atoms with E-state index in [1.54, 1.807) is 0 Å². The van der Waals surface area contributed by atoms with Gasteiger partial charge in [-0.05, 0) is 18.4 Å². The molecule has 5 heteroatoms. The van der Waals surface area contributed by atoms with Gasteiger partial charge in [-0.15, -0.1) is 0 Å². The fraction of sp³-hybridized carbons (Fsp3) is 0.538. The van der Waals surface area contributed by atoms with E-state index in [1.165, 1.54) is 0 Å². The number of ether oxygens (including phenoxy) is 1. The Kier molecular flexibility index (Phi) is 4.37. The van der Waals surface area contributed by atoms with Crippen LogP contribution >= 0.6 is 0 Å². The lowest BCUT2D eigenvalue weighted by Gasteiger charge is -2.23. The number of rotatable bonds is 4. The normalized spacial score (nSPS) is 19.6. The average Bonchev–Trinajstić information content (AvgIpc) is 2.40. The number of hydrogen-bond acceptors (Lipinski definition) is 4. The van der Waals surface area contributed by atoms with Crippen molar-refractivity contribution in [2.24, 2.45) is 5.73 Å². The highest BCUT2D eigenvalue weighted by Gasteiger charge is 2.29. The molecule has 1 aliphatic rings. The Morgan fingerprint density at radius 1 is 1.22 bits per heavy atom. The minimum Gasteiger partial charge on any atom is -0.381 e. The number of benzene rings is 1. The van der Waals surface area contributed by atoms with Gasteiger partial charge in [0.1, 0.15) is 0 Å². The Morgan fingerprint density at radius 3 is 2.44 bits per heavy atom. The second kappa shape index (κ2) is 5.82. The van der Waals surface area contributed by atoms with Crippen molar-refractivity contribution in [3.05, 3.63) is 35.9 Å². The average molecular weight is 269 g/mol. The Balaban J connectivity index is 2.03.